The Labute approximate surface area is 232 Å². The lowest BCUT2D eigenvalue weighted by Gasteiger charge is -2.35. The van der Waals surface area contributed by atoms with Gasteiger partial charge in [0.05, 0.1) is 38.0 Å². The molecule has 1 amide bonds. The van der Waals surface area contributed by atoms with Crippen molar-refractivity contribution in [2.45, 2.75) is 58.7 Å². The average Bonchev–Trinajstić information content (AvgIpc) is 3.26. The molecular weight excluding hydrogens is 529 g/mol. The highest BCUT2D eigenvalue weighted by molar-refractivity contribution is 5.83. The second-order valence-electron chi connectivity index (χ2n) is 10.4. The van der Waals surface area contributed by atoms with Crippen LogP contribution in [0.2, 0.25) is 0 Å². The minimum Gasteiger partial charge on any atom is -0.481 e. The van der Waals surface area contributed by atoms with Crippen LogP contribution in [-0.4, -0.2) is 54.4 Å². The van der Waals surface area contributed by atoms with Crippen LogP contribution < -0.4 is 4.74 Å². The van der Waals surface area contributed by atoms with Gasteiger partial charge in [-0.3, -0.25) is 4.90 Å². The van der Waals surface area contributed by atoms with Crippen LogP contribution in [0.4, 0.5) is 18.0 Å². The Morgan fingerprint density at radius 1 is 1.12 bits per heavy atom. The Hall–Kier alpha value is -3.60. The maximum atomic E-state index is 13.5. The second kappa shape index (κ2) is 12.7. The molecule has 0 bridgehead atoms. The molecule has 4 atom stereocenters. The zero-order chi connectivity index (χ0) is 29.7. The summed E-state index contributed by atoms with van der Waals surface area (Å²) in [7, 11) is 1.30. The fourth-order valence-electron chi connectivity index (χ4n) is 5.09. The lowest BCUT2D eigenvalue weighted by molar-refractivity contribution is -0.151. The van der Waals surface area contributed by atoms with E-state index in [0.717, 1.165) is 6.07 Å². The Morgan fingerprint density at radius 3 is 2.35 bits per heavy atom. The van der Waals surface area contributed by atoms with Gasteiger partial charge in [-0.25, -0.2) is 14.6 Å². The number of methoxy groups -OCH3 is 1. The van der Waals surface area contributed by atoms with Gasteiger partial charge in [0.2, 0.25) is 5.88 Å². The van der Waals surface area contributed by atoms with Gasteiger partial charge in [0.15, 0.2) is 0 Å². The number of hydrogen-bond donors (Lipinski definition) is 0. The third-order valence-electron chi connectivity index (χ3n) is 6.69. The molecule has 0 N–H and O–H groups in total. The van der Waals surface area contributed by atoms with Crippen LogP contribution in [0.1, 0.15) is 50.4 Å². The summed E-state index contributed by atoms with van der Waals surface area (Å²) in [5.74, 6) is -1.31. The second-order valence-corrected chi connectivity index (χ2v) is 10.4. The number of ether oxygens (including phenoxy) is 4. The van der Waals surface area contributed by atoms with Gasteiger partial charge in [0.1, 0.15) is 12.6 Å². The van der Waals surface area contributed by atoms with E-state index in [2.05, 4.69) is 11.6 Å². The number of carbonyl (C=O) groups is 2. The molecule has 1 aliphatic rings. The predicted octanol–water partition coefficient (Wildman–Crippen LogP) is 5.97. The summed E-state index contributed by atoms with van der Waals surface area (Å²) in [6, 6.07) is 7.92. The van der Waals surface area contributed by atoms with Crippen LogP contribution in [0.25, 0.3) is 0 Å². The normalized spacial score (nSPS) is 21.1. The fourth-order valence-corrected chi connectivity index (χ4v) is 5.09. The molecule has 1 aromatic heterocycles. The Morgan fingerprint density at radius 2 is 1.80 bits per heavy atom. The van der Waals surface area contributed by atoms with Crippen LogP contribution >= 0.6 is 0 Å². The van der Waals surface area contributed by atoms with Gasteiger partial charge in [0, 0.05) is 17.7 Å². The van der Waals surface area contributed by atoms with Crippen molar-refractivity contribution < 1.29 is 41.7 Å². The first-order valence-corrected chi connectivity index (χ1v) is 12.8. The number of aromatic nitrogens is 1. The summed E-state index contributed by atoms with van der Waals surface area (Å²) in [6.07, 6.45) is -4.15. The standard InChI is InChI=1S/C29H35F3N2O6/c1-7-14-39-27(36)34-22(18-12-10-9-11-13-18)24(21(28(3,4)5)23(34)26(35)38-8-2)40-17-19-15-20(29(30,31)32)16-33-25(19)37-6/h7,9-13,15-16,21-24H,1,8,14,17H2,2-6H3/t21-,22+,23+,24+/m1/s1. The molecule has 1 saturated heterocycles. The van der Waals surface area contributed by atoms with Crippen LogP contribution in [0.15, 0.2) is 55.3 Å². The van der Waals surface area contributed by atoms with Crippen molar-refractivity contribution in [1.29, 1.82) is 0 Å². The first kappa shape index (κ1) is 30.9. The van der Waals surface area contributed by atoms with Crippen molar-refractivity contribution in [2.24, 2.45) is 11.3 Å². The van der Waals surface area contributed by atoms with Crippen LogP contribution in [-0.2, 0) is 31.8 Å². The molecule has 1 fully saturated rings. The number of pyridine rings is 1. The van der Waals surface area contributed by atoms with Gasteiger partial charge < -0.3 is 18.9 Å². The van der Waals surface area contributed by atoms with E-state index in [1.807, 2.05) is 20.8 Å². The Balaban J connectivity index is 2.16. The van der Waals surface area contributed by atoms with E-state index in [9.17, 15) is 22.8 Å². The van der Waals surface area contributed by atoms with Crippen molar-refractivity contribution in [3.05, 3.63) is 71.9 Å². The number of likely N-dealkylation sites (tertiary alicyclic amines) is 1. The first-order chi connectivity index (χ1) is 18.8. The lowest BCUT2D eigenvalue weighted by atomic mass is 9.73. The smallest absolute Gasteiger partial charge is 0.417 e. The highest BCUT2D eigenvalue weighted by Crippen LogP contribution is 2.50. The third-order valence-corrected chi connectivity index (χ3v) is 6.69. The minimum absolute atomic E-state index is 0.0289. The highest BCUT2D eigenvalue weighted by Gasteiger charge is 2.59. The average molecular weight is 565 g/mol. The monoisotopic (exact) mass is 564 g/mol. The molecule has 8 nitrogen and oxygen atoms in total. The van der Waals surface area contributed by atoms with Crippen molar-refractivity contribution in [3.63, 3.8) is 0 Å². The molecule has 218 valence electrons. The number of amides is 1. The van der Waals surface area contributed by atoms with E-state index < -0.39 is 53.3 Å². The zero-order valence-corrected chi connectivity index (χ0v) is 23.2. The summed E-state index contributed by atoms with van der Waals surface area (Å²) in [4.78, 5) is 32.1. The van der Waals surface area contributed by atoms with E-state index in [0.29, 0.717) is 11.8 Å². The molecule has 3 rings (SSSR count). The van der Waals surface area contributed by atoms with Crippen molar-refractivity contribution in [2.75, 3.05) is 20.3 Å². The van der Waals surface area contributed by atoms with E-state index >= 15 is 0 Å². The quantitative estimate of drug-likeness (QED) is 0.274. The summed E-state index contributed by atoms with van der Waals surface area (Å²) < 4.78 is 62.8. The number of hydrogen-bond acceptors (Lipinski definition) is 7. The number of nitrogens with zero attached hydrogens (tertiary/aromatic N) is 2. The van der Waals surface area contributed by atoms with Gasteiger partial charge in [0.25, 0.3) is 0 Å². The predicted molar refractivity (Wildman–Crippen MR) is 140 cm³/mol. The van der Waals surface area contributed by atoms with Gasteiger partial charge in [-0.05, 0) is 24.0 Å². The number of carbonyl (C=O) groups excluding carboxylic acids is 2. The molecule has 2 heterocycles. The number of halogens is 3. The molecule has 0 saturated carbocycles. The minimum atomic E-state index is -4.62. The fraction of sp³-hybridized carbons (Fsp3) is 0.483. The Bertz CT molecular complexity index is 1180. The van der Waals surface area contributed by atoms with Gasteiger partial charge in [-0.1, -0.05) is 63.8 Å². The van der Waals surface area contributed by atoms with Crippen LogP contribution in [0.3, 0.4) is 0 Å². The molecular formula is C29H35F3N2O6. The number of benzene rings is 1. The van der Waals surface area contributed by atoms with Crippen molar-refractivity contribution in [3.8, 4) is 5.88 Å². The van der Waals surface area contributed by atoms with Crippen LogP contribution in [0, 0.1) is 11.3 Å². The number of alkyl halides is 3. The lowest BCUT2D eigenvalue weighted by Crippen LogP contribution is -2.48. The first-order valence-electron chi connectivity index (χ1n) is 12.8. The molecule has 1 aromatic carbocycles. The molecule has 2 aromatic rings. The van der Waals surface area contributed by atoms with E-state index in [-0.39, 0.29) is 31.3 Å². The topological polar surface area (TPSA) is 87.2 Å². The largest absolute Gasteiger partial charge is 0.481 e. The van der Waals surface area contributed by atoms with Gasteiger partial charge in [-0.15, -0.1) is 0 Å². The molecule has 0 radical (unpaired) electrons. The highest BCUT2D eigenvalue weighted by atomic mass is 19.4. The summed E-state index contributed by atoms with van der Waals surface area (Å²) >= 11 is 0. The molecule has 1 aliphatic heterocycles. The van der Waals surface area contributed by atoms with Crippen molar-refractivity contribution in [1.82, 2.24) is 9.88 Å². The molecule has 11 heteroatoms. The molecule has 0 unspecified atom stereocenters. The maximum absolute atomic E-state index is 13.5. The van der Waals surface area contributed by atoms with Crippen LogP contribution in [0.5, 0.6) is 5.88 Å². The molecule has 0 aliphatic carbocycles. The van der Waals surface area contributed by atoms with E-state index in [1.165, 1.54) is 18.1 Å². The third kappa shape index (κ3) is 6.75. The number of esters is 1. The van der Waals surface area contributed by atoms with E-state index in [4.69, 9.17) is 18.9 Å². The molecule has 0 spiro atoms. The van der Waals surface area contributed by atoms with Crippen molar-refractivity contribution >= 4 is 12.1 Å². The SMILES string of the molecule is C=CCOC(=O)N1[C@H](C(=O)OCC)[C@@H](C(C)(C)C)[C@H](OCc2cc(C(F)(F)F)cnc2OC)[C@@H]1c1ccccc1. The van der Waals surface area contributed by atoms with E-state index in [1.54, 1.807) is 37.3 Å². The Kier molecular flexibility index (Phi) is 9.83. The zero-order valence-electron chi connectivity index (χ0n) is 23.2. The summed E-state index contributed by atoms with van der Waals surface area (Å²) in [5, 5.41) is 0. The summed E-state index contributed by atoms with van der Waals surface area (Å²) in [6.45, 7) is 10.6. The maximum Gasteiger partial charge on any atom is 0.417 e. The van der Waals surface area contributed by atoms with Gasteiger partial charge in [-0.2, -0.15) is 13.2 Å². The molecule has 40 heavy (non-hydrogen) atoms. The van der Waals surface area contributed by atoms with Gasteiger partial charge >= 0.3 is 18.2 Å². The summed E-state index contributed by atoms with van der Waals surface area (Å²) in [5.41, 5.74) is -0.863. The number of rotatable bonds is 9.